The van der Waals surface area contributed by atoms with Gasteiger partial charge in [0.1, 0.15) is 6.54 Å². The highest BCUT2D eigenvalue weighted by molar-refractivity contribution is 7.92. The summed E-state index contributed by atoms with van der Waals surface area (Å²) < 4.78 is 29.2. The molecule has 2 aromatic carbocycles. The van der Waals surface area contributed by atoms with Crippen LogP contribution in [0.5, 0.6) is 0 Å². The number of benzene rings is 2. The SMILES string of the molecule is CN(C(=O)c1cn(C)c2cc(N(CC(=O)O)S(=O)(=O)c3cc(Cl)cc(Cl)c3)ccc12)C1CC1. The average molecular weight is 510 g/mol. The van der Waals surface area contributed by atoms with Crippen molar-refractivity contribution in [2.24, 2.45) is 7.05 Å². The highest BCUT2D eigenvalue weighted by atomic mass is 35.5. The number of aryl methyl sites for hydroxylation is 1. The van der Waals surface area contributed by atoms with Crippen molar-refractivity contribution in [2.75, 3.05) is 17.9 Å². The van der Waals surface area contributed by atoms with Gasteiger partial charge in [0, 0.05) is 41.8 Å². The molecule has 8 nitrogen and oxygen atoms in total. The van der Waals surface area contributed by atoms with Crippen LogP contribution in [-0.2, 0) is 21.9 Å². The average Bonchev–Trinajstić information content (AvgIpc) is 3.54. The smallest absolute Gasteiger partial charge is 0.324 e. The molecule has 1 aliphatic carbocycles. The molecule has 174 valence electrons. The normalized spacial score (nSPS) is 13.8. The van der Waals surface area contributed by atoms with Crippen LogP contribution in [-0.4, -0.2) is 54.5 Å². The number of nitrogens with zero attached hydrogens (tertiary/aromatic N) is 3. The van der Waals surface area contributed by atoms with E-state index in [1.165, 1.54) is 24.3 Å². The molecule has 0 atom stereocenters. The number of halogens is 2. The topological polar surface area (TPSA) is 99.9 Å². The van der Waals surface area contributed by atoms with Crippen LogP contribution in [0.1, 0.15) is 23.2 Å². The molecule has 1 aromatic heterocycles. The first-order valence-electron chi connectivity index (χ1n) is 10.1. The van der Waals surface area contributed by atoms with Gasteiger partial charge in [-0.2, -0.15) is 0 Å². The fraction of sp³-hybridized carbons (Fsp3) is 0.273. The van der Waals surface area contributed by atoms with E-state index in [4.69, 9.17) is 23.2 Å². The van der Waals surface area contributed by atoms with E-state index >= 15 is 0 Å². The summed E-state index contributed by atoms with van der Waals surface area (Å²) in [5.74, 6) is -1.44. The molecular formula is C22H21Cl2N3O5S. The van der Waals surface area contributed by atoms with E-state index in [1.807, 2.05) is 0 Å². The second kappa shape index (κ2) is 8.55. The molecule has 33 heavy (non-hydrogen) atoms. The van der Waals surface area contributed by atoms with Gasteiger partial charge >= 0.3 is 5.97 Å². The lowest BCUT2D eigenvalue weighted by atomic mass is 10.1. The van der Waals surface area contributed by atoms with Gasteiger partial charge in [0.2, 0.25) is 0 Å². The number of aromatic nitrogens is 1. The summed E-state index contributed by atoms with van der Waals surface area (Å²) in [5.41, 5.74) is 1.23. The number of carbonyl (C=O) groups is 2. The van der Waals surface area contributed by atoms with Gasteiger partial charge in [0.25, 0.3) is 15.9 Å². The molecule has 3 aromatic rings. The molecular weight excluding hydrogens is 489 g/mol. The number of hydrogen-bond acceptors (Lipinski definition) is 4. The predicted octanol–water partition coefficient (Wildman–Crippen LogP) is 4.00. The molecule has 4 rings (SSSR count). The van der Waals surface area contributed by atoms with E-state index in [0.29, 0.717) is 16.5 Å². The van der Waals surface area contributed by atoms with Gasteiger partial charge in [0.15, 0.2) is 0 Å². The maximum absolute atomic E-state index is 13.4. The Labute approximate surface area is 201 Å². The van der Waals surface area contributed by atoms with Crippen LogP contribution in [0.15, 0.2) is 47.5 Å². The van der Waals surface area contributed by atoms with Crippen molar-refractivity contribution in [3.05, 3.63) is 58.2 Å². The summed E-state index contributed by atoms with van der Waals surface area (Å²) in [6.07, 6.45) is 3.65. The van der Waals surface area contributed by atoms with Gasteiger partial charge in [-0.3, -0.25) is 13.9 Å². The minimum atomic E-state index is -4.30. The number of aliphatic carboxylic acids is 1. The van der Waals surface area contributed by atoms with Gasteiger partial charge in [-0.1, -0.05) is 23.2 Å². The van der Waals surface area contributed by atoms with E-state index in [2.05, 4.69) is 0 Å². The highest BCUT2D eigenvalue weighted by Gasteiger charge is 2.32. The number of amides is 1. The number of hydrogen-bond donors (Lipinski definition) is 1. The third kappa shape index (κ3) is 4.53. The second-order valence-electron chi connectivity index (χ2n) is 8.01. The minimum Gasteiger partial charge on any atom is -0.480 e. The first kappa shape index (κ1) is 23.4. The van der Waals surface area contributed by atoms with Gasteiger partial charge in [-0.25, -0.2) is 8.42 Å². The standard InChI is InChI=1S/C22H21Cl2N3O5S/c1-25-11-19(22(30)26(2)15-3-4-15)18-6-5-16(10-20(18)25)27(12-21(28)29)33(31,32)17-8-13(23)7-14(24)9-17/h5-11,15H,3-4,12H2,1-2H3,(H,28,29). The van der Waals surface area contributed by atoms with E-state index in [-0.39, 0.29) is 32.6 Å². The summed E-state index contributed by atoms with van der Waals surface area (Å²) in [7, 11) is -0.791. The van der Waals surface area contributed by atoms with E-state index in [1.54, 1.807) is 41.9 Å². The summed E-state index contributed by atoms with van der Waals surface area (Å²) in [6.45, 7) is -0.807. The van der Waals surface area contributed by atoms with Gasteiger partial charge in [0.05, 0.1) is 21.7 Å². The van der Waals surface area contributed by atoms with Gasteiger partial charge < -0.3 is 14.6 Å². The van der Waals surface area contributed by atoms with Crippen molar-refractivity contribution in [3.63, 3.8) is 0 Å². The third-order valence-corrected chi connectivity index (χ3v) is 7.80. The molecule has 0 radical (unpaired) electrons. The fourth-order valence-electron chi connectivity index (χ4n) is 3.76. The van der Waals surface area contributed by atoms with Gasteiger partial charge in [-0.15, -0.1) is 0 Å². The first-order chi connectivity index (χ1) is 15.5. The Kier molecular flexibility index (Phi) is 6.07. The molecule has 1 N–H and O–H groups in total. The Morgan fingerprint density at radius 2 is 1.76 bits per heavy atom. The number of carbonyl (C=O) groups excluding carboxylic acids is 1. The number of anilines is 1. The lowest BCUT2D eigenvalue weighted by molar-refractivity contribution is -0.135. The van der Waals surface area contributed by atoms with Crippen LogP contribution >= 0.6 is 23.2 Å². The van der Waals surface area contributed by atoms with Crippen LogP contribution in [0.2, 0.25) is 10.0 Å². The zero-order chi connectivity index (χ0) is 24.1. The monoisotopic (exact) mass is 509 g/mol. The van der Waals surface area contributed by atoms with Crippen molar-refractivity contribution in [3.8, 4) is 0 Å². The lowest BCUT2D eigenvalue weighted by Crippen LogP contribution is -2.35. The number of carboxylic acid groups (broad SMARTS) is 1. The number of carboxylic acids is 1. The molecule has 1 amide bonds. The zero-order valence-corrected chi connectivity index (χ0v) is 20.2. The van der Waals surface area contributed by atoms with Crippen molar-refractivity contribution in [1.82, 2.24) is 9.47 Å². The molecule has 11 heteroatoms. The van der Waals surface area contributed by atoms with Crippen molar-refractivity contribution >= 4 is 61.7 Å². The Balaban J connectivity index is 1.80. The molecule has 0 unspecified atom stereocenters. The highest BCUT2D eigenvalue weighted by Crippen LogP contribution is 2.33. The molecule has 1 aliphatic rings. The van der Waals surface area contributed by atoms with Crippen LogP contribution in [0.4, 0.5) is 5.69 Å². The molecule has 0 saturated heterocycles. The minimum absolute atomic E-state index is 0.108. The quantitative estimate of drug-likeness (QED) is 0.518. The third-order valence-electron chi connectivity index (χ3n) is 5.61. The fourth-order valence-corrected chi connectivity index (χ4v) is 5.89. The molecule has 0 bridgehead atoms. The summed E-state index contributed by atoms with van der Waals surface area (Å²) in [4.78, 5) is 26.0. The number of rotatable bonds is 7. The second-order valence-corrected chi connectivity index (χ2v) is 10.7. The Hall–Kier alpha value is -2.75. The predicted molar refractivity (Wildman–Crippen MR) is 127 cm³/mol. The van der Waals surface area contributed by atoms with Crippen LogP contribution < -0.4 is 4.31 Å². The van der Waals surface area contributed by atoms with Crippen molar-refractivity contribution < 1.29 is 23.1 Å². The van der Waals surface area contributed by atoms with E-state index in [0.717, 1.165) is 17.1 Å². The summed E-state index contributed by atoms with van der Waals surface area (Å²) >= 11 is 11.9. The summed E-state index contributed by atoms with van der Waals surface area (Å²) in [5, 5.41) is 10.3. The Morgan fingerprint density at radius 1 is 1.12 bits per heavy atom. The van der Waals surface area contributed by atoms with E-state index < -0.39 is 22.5 Å². The Morgan fingerprint density at radius 3 is 2.33 bits per heavy atom. The van der Waals surface area contributed by atoms with Crippen LogP contribution in [0.25, 0.3) is 10.9 Å². The van der Waals surface area contributed by atoms with Crippen LogP contribution in [0.3, 0.4) is 0 Å². The maximum atomic E-state index is 13.4. The van der Waals surface area contributed by atoms with Crippen molar-refractivity contribution in [1.29, 1.82) is 0 Å². The maximum Gasteiger partial charge on any atom is 0.324 e. The van der Waals surface area contributed by atoms with Crippen molar-refractivity contribution in [2.45, 2.75) is 23.8 Å². The number of fused-ring (bicyclic) bond motifs is 1. The summed E-state index contributed by atoms with van der Waals surface area (Å²) in [6, 6.07) is 8.73. The van der Waals surface area contributed by atoms with Gasteiger partial charge in [-0.05, 0) is 49.2 Å². The van der Waals surface area contributed by atoms with E-state index in [9.17, 15) is 23.1 Å². The molecule has 1 heterocycles. The molecule has 0 aliphatic heterocycles. The zero-order valence-electron chi connectivity index (χ0n) is 17.8. The molecule has 1 saturated carbocycles. The number of sulfonamides is 1. The lowest BCUT2D eigenvalue weighted by Gasteiger charge is -2.23. The first-order valence-corrected chi connectivity index (χ1v) is 12.3. The molecule has 0 spiro atoms. The van der Waals surface area contributed by atoms with Crippen LogP contribution in [0, 0.1) is 0 Å². The Bertz CT molecular complexity index is 1360. The molecule has 1 fully saturated rings. The largest absolute Gasteiger partial charge is 0.480 e.